The van der Waals surface area contributed by atoms with Gasteiger partial charge in [-0.2, -0.15) is 0 Å². The first kappa shape index (κ1) is 18.0. The molecule has 1 fully saturated rings. The summed E-state index contributed by atoms with van der Waals surface area (Å²) >= 11 is 3.35. The average Bonchev–Trinajstić information content (AvgIpc) is 2.97. The summed E-state index contributed by atoms with van der Waals surface area (Å²) in [4.78, 5) is 29.0. The number of amides is 1. The minimum Gasteiger partial charge on any atom is -0.358 e. The van der Waals surface area contributed by atoms with Crippen LogP contribution in [-0.4, -0.2) is 51.9 Å². The Bertz CT molecular complexity index is 974. The Morgan fingerprint density at radius 3 is 2.56 bits per heavy atom. The van der Waals surface area contributed by atoms with Crippen LogP contribution in [0.1, 0.15) is 16.8 Å². The van der Waals surface area contributed by atoms with E-state index in [1.807, 2.05) is 11.8 Å². The molecule has 4 rings (SSSR count). The van der Waals surface area contributed by atoms with Gasteiger partial charge in [0.1, 0.15) is 0 Å². The van der Waals surface area contributed by atoms with Crippen LogP contribution in [0.2, 0.25) is 0 Å². The van der Waals surface area contributed by atoms with Gasteiger partial charge in [-0.3, -0.25) is 4.79 Å². The summed E-state index contributed by atoms with van der Waals surface area (Å²) in [5.41, 5.74) is 4.49. The van der Waals surface area contributed by atoms with Gasteiger partial charge in [-0.25, -0.2) is 9.97 Å². The van der Waals surface area contributed by atoms with Crippen LogP contribution in [0.25, 0.3) is 10.9 Å². The number of rotatable bonds is 3. The number of H-pyrrole nitrogens is 1. The Morgan fingerprint density at radius 1 is 1.15 bits per heavy atom. The zero-order valence-electron chi connectivity index (χ0n) is 15.5. The number of carbonyl (C=O) groups is 1. The number of nitrogens with zero attached hydrogens (tertiary/aromatic N) is 4. The van der Waals surface area contributed by atoms with Crippen molar-refractivity contribution in [1.82, 2.24) is 19.9 Å². The number of benzene rings is 1. The summed E-state index contributed by atoms with van der Waals surface area (Å²) in [6.45, 7) is 7.01. The van der Waals surface area contributed by atoms with Gasteiger partial charge < -0.3 is 14.8 Å². The van der Waals surface area contributed by atoms with Crippen molar-refractivity contribution in [2.75, 3.05) is 31.1 Å². The minimum atomic E-state index is 0.178. The predicted molar refractivity (Wildman–Crippen MR) is 110 cm³/mol. The molecule has 1 saturated heterocycles. The fraction of sp³-hybridized carbons (Fsp3) is 0.350. The van der Waals surface area contributed by atoms with E-state index in [1.165, 1.54) is 5.56 Å². The number of aryl methyl sites for hydroxylation is 2. The molecule has 0 atom stereocenters. The van der Waals surface area contributed by atoms with E-state index in [2.05, 4.69) is 60.9 Å². The Kier molecular flexibility index (Phi) is 4.86. The minimum absolute atomic E-state index is 0.178. The monoisotopic (exact) mass is 427 g/mol. The van der Waals surface area contributed by atoms with E-state index in [9.17, 15) is 4.79 Å². The molecule has 1 aliphatic heterocycles. The number of anilines is 1. The van der Waals surface area contributed by atoms with Crippen LogP contribution < -0.4 is 4.90 Å². The lowest BCUT2D eigenvalue weighted by atomic mass is 10.0. The smallest absolute Gasteiger partial charge is 0.227 e. The number of fused-ring (bicyclic) bond motifs is 1. The van der Waals surface area contributed by atoms with Crippen molar-refractivity contribution in [1.29, 1.82) is 0 Å². The second-order valence-corrected chi connectivity index (χ2v) is 7.94. The molecular formula is C20H22BrN5O. The zero-order chi connectivity index (χ0) is 19.0. The van der Waals surface area contributed by atoms with Gasteiger partial charge in [0.05, 0.1) is 10.9 Å². The number of aromatic nitrogens is 3. The molecule has 7 heteroatoms. The van der Waals surface area contributed by atoms with E-state index < -0.39 is 0 Å². The van der Waals surface area contributed by atoms with Crippen molar-refractivity contribution in [3.05, 3.63) is 51.9 Å². The summed E-state index contributed by atoms with van der Waals surface area (Å²) in [7, 11) is 0. The van der Waals surface area contributed by atoms with Gasteiger partial charge >= 0.3 is 0 Å². The van der Waals surface area contributed by atoms with E-state index in [0.717, 1.165) is 39.7 Å². The lowest BCUT2D eigenvalue weighted by molar-refractivity contribution is -0.130. The lowest BCUT2D eigenvalue weighted by Crippen LogP contribution is -2.49. The van der Waals surface area contributed by atoms with Crippen molar-refractivity contribution in [2.45, 2.75) is 20.3 Å². The van der Waals surface area contributed by atoms with Crippen LogP contribution in [0.3, 0.4) is 0 Å². The first-order valence-electron chi connectivity index (χ1n) is 9.09. The molecule has 1 amide bonds. The molecule has 3 aromatic rings. The maximum absolute atomic E-state index is 12.9. The summed E-state index contributed by atoms with van der Waals surface area (Å²) in [5.74, 6) is 0.894. The van der Waals surface area contributed by atoms with Crippen LogP contribution in [0.4, 0.5) is 5.95 Å². The lowest BCUT2D eigenvalue weighted by Gasteiger charge is -2.34. The summed E-state index contributed by atoms with van der Waals surface area (Å²) in [5, 5.41) is 1.16. The number of piperazine rings is 1. The van der Waals surface area contributed by atoms with Crippen LogP contribution in [0.5, 0.6) is 0 Å². The number of aromatic amines is 1. The largest absolute Gasteiger partial charge is 0.358 e. The fourth-order valence-electron chi connectivity index (χ4n) is 3.61. The quantitative estimate of drug-likeness (QED) is 0.696. The van der Waals surface area contributed by atoms with Gasteiger partial charge in [-0.15, -0.1) is 0 Å². The molecule has 6 nitrogen and oxygen atoms in total. The fourth-order valence-corrected chi connectivity index (χ4v) is 3.82. The van der Waals surface area contributed by atoms with Gasteiger partial charge in [0.15, 0.2) is 0 Å². The molecule has 3 heterocycles. The van der Waals surface area contributed by atoms with Gasteiger partial charge in [0, 0.05) is 55.2 Å². The van der Waals surface area contributed by atoms with Crippen molar-refractivity contribution < 1.29 is 4.79 Å². The number of hydrogen-bond donors (Lipinski definition) is 1. The van der Waals surface area contributed by atoms with Gasteiger partial charge in [0.25, 0.3) is 0 Å². The Labute approximate surface area is 166 Å². The predicted octanol–water partition coefficient (Wildman–Crippen LogP) is 3.23. The first-order chi connectivity index (χ1) is 13.0. The molecule has 0 unspecified atom stereocenters. The Balaban J connectivity index is 1.44. The van der Waals surface area contributed by atoms with Crippen LogP contribution in [0.15, 0.2) is 35.1 Å². The third-order valence-corrected chi connectivity index (χ3v) is 5.53. The molecule has 2 aromatic heterocycles. The highest BCUT2D eigenvalue weighted by atomic mass is 79.9. The molecule has 1 aromatic carbocycles. The molecule has 140 valence electrons. The second-order valence-electron chi connectivity index (χ2n) is 7.02. The molecule has 0 bridgehead atoms. The van der Waals surface area contributed by atoms with E-state index in [0.29, 0.717) is 25.5 Å². The highest BCUT2D eigenvalue weighted by Gasteiger charge is 2.24. The number of halogens is 1. The SMILES string of the molecule is Cc1ccc2[nH]c(C)c(CC(=O)N3CCN(c4ncc(Br)cn4)CC3)c2c1. The topological polar surface area (TPSA) is 65.1 Å². The summed E-state index contributed by atoms with van der Waals surface area (Å²) in [6.07, 6.45) is 3.94. The van der Waals surface area contributed by atoms with E-state index >= 15 is 0 Å². The molecule has 0 aliphatic carbocycles. The second kappa shape index (κ2) is 7.31. The summed E-state index contributed by atoms with van der Waals surface area (Å²) < 4.78 is 0.865. The number of hydrogen-bond acceptors (Lipinski definition) is 4. The standard InChI is InChI=1S/C20H22BrN5O/c1-13-3-4-18-17(9-13)16(14(2)24-18)10-19(27)25-5-7-26(8-6-25)20-22-11-15(21)12-23-20/h3-4,9,11-12,24H,5-8,10H2,1-2H3. The van der Waals surface area contributed by atoms with E-state index in [1.54, 1.807) is 12.4 Å². The van der Waals surface area contributed by atoms with Crippen molar-refractivity contribution in [3.8, 4) is 0 Å². The molecule has 27 heavy (non-hydrogen) atoms. The molecule has 0 saturated carbocycles. The third kappa shape index (κ3) is 3.69. The average molecular weight is 428 g/mol. The van der Waals surface area contributed by atoms with Crippen molar-refractivity contribution in [2.24, 2.45) is 0 Å². The van der Waals surface area contributed by atoms with Crippen LogP contribution in [0, 0.1) is 13.8 Å². The van der Waals surface area contributed by atoms with Crippen LogP contribution in [-0.2, 0) is 11.2 Å². The Hall–Kier alpha value is -2.41. The third-order valence-electron chi connectivity index (χ3n) is 5.12. The molecular weight excluding hydrogens is 406 g/mol. The number of carbonyl (C=O) groups excluding carboxylic acids is 1. The highest BCUT2D eigenvalue weighted by molar-refractivity contribution is 9.10. The van der Waals surface area contributed by atoms with Crippen molar-refractivity contribution in [3.63, 3.8) is 0 Å². The molecule has 1 aliphatic rings. The van der Waals surface area contributed by atoms with Gasteiger partial charge in [0.2, 0.25) is 11.9 Å². The Morgan fingerprint density at radius 2 is 1.85 bits per heavy atom. The van der Waals surface area contributed by atoms with Crippen molar-refractivity contribution >= 4 is 38.7 Å². The highest BCUT2D eigenvalue weighted by Crippen LogP contribution is 2.24. The van der Waals surface area contributed by atoms with Gasteiger partial charge in [-0.1, -0.05) is 11.6 Å². The molecule has 1 N–H and O–H groups in total. The van der Waals surface area contributed by atoms with Crippen LogP contribution >= 0.6 is 15.9 Å². The first-order valence-corrected chi connectivity index (χ1v) is 9.88. The normalized spacial score (nSPS) is 14.8. The van der Waals surface area contributed by atoms with E-state index in [4.69, 9.17) is 0 Å². The van der Waals surface area contributed by atoms with Gasteiger partial charge in [-0.05, 0) is 47.5 Å². The summed E-state index contributed by atoms with van der Waals surface area (Å²) in [6, 6.07) is 6.33. The maximum Gasteiger partial charge on any atom is 0.227 e. The zero-order valence-corrected chi connectivity index (χ0v) is 17.1. The number of nitrogens with one attached hydrogen (secondary N) is 1. The molecule has 0 spiro atoms. The van der Waals surface area contributed by atoms with E-state index in [-0.39, 0.29) is 5.91 Å². The maximum atomic E-state index is 12.9. The molecule has 0 radical (unpaired) electrons.